The molecule has 1 fully saturated rings. The number of rotatable bonds is 3. The molecule has 0 saturated heterocycles. The first-order chi connectivity index (χ1) is 9.84. The van der Waals surface area contributed by atoms with Crippen LogP contribution in [0.2, 0.25) is 0 Å². The lowest BCUT2D eigenvalue weighted by atomic mass is 9.71. The normalized spacial score (nSPS) is 25.4. The fourth-order valence-electron chi connectivity index (χ4n) is 2.73. The third-order valence-electron chi connectivity index (χ3n) is 4.17. The molecule has 0 aliphatic heterocycles. The van der Waals surface area contributed by atoms with Crippen LogP contribution in [0.4, 0.5) is 4.39 Å². The molecule has 0 bridgehead atoms. The molecule has 114 valence electrons. The zero-order valence-corrected chi connectivity index (χ0v) is 13.2. The number of aliphatic carboxylic acids is 1. The van der Waals surface area contributed by atoms with Crippen LogP contribution < -0.4 is 5.32 Å². The van der Waals surface area contributed by atoms with Crippen molar-refractivity contribution in [2.45, 2.75) is 38.6 Å². The Hall–Kier alpha value is -1.43. The Labute approximate surface area is 130 Å². The Morgan fingerprint density at radius 1 is 1.43 bits per heavy atom. The Morgan fingerprint density at radius 2 is 2.14 bits per heavy atom. The van der Waals surface area contributed by atoms with Gasteiger partial charge >= 0.3 is 5.97 Å². The summed E-state index contributed by atoms with van der Waals surface area (Å²) in [7, 11) is 0. The average molecular weight is 358 g/mol. The molecule has 0 aromatic heterocycles. The predicted octanol–water partition coefficient (Wildman–Crippen LogP) is 3.35. The minimum atomic E-state index is -0.978. The van der Waals surface area contributed by atoms with Crippen molar-refractivity contribution < 1.29 is 19.1 Å². The lowest BCUT2D eigenvalue weighted by Gasteiger charge is -2.38. The van der Waals surface area contributed by atoms with Gasteiger partial charge in [0.05, 0.1) is 11.0 Å². The minimum absolute atomic E-state index is 0.174. The number of hydrogen-bond donors (Lipinski definition) is 2. The molecule has 1 aliphatic rings. The number of halogens is 2. The van der Waals surface area contributed by atoms with Crippen LogP contribution in [0.15, 0.2) is 22.7 Å². The van der Waals surface area contributed by atoms with Gasteiger partial charge in [-0.3, -0.25) is 9.59 Å². The summed E-state index contributed by atoms with van der Waals surface area (Å²) >= 11 is 3.21. The molecule has 2 atom stereocenters. The smallest absolute Gasteiger partial charge is 0.311 e. The number of carboxylic acid groups (broad SMARTS) is 1. The fraction of sp³-hybridized carbons (Fsp3) is 0.467. The van der Waals surface area contributed by atoms with E-state index in [1.165, 1.54) is 12.1 Å². The highest BCUT2D eigenvalue weighted by Crippen LogP contribution is 2.36. The Morgan fingerprint density at radius 3 is 2.81 bits per heavy atom. The summed E-state index contributed by atoms with van der Waals surface area (Å²) in [4.78, 5) is 23.8. The molecule has 0 spiro atoms. The lowest BCUT2D eigenvalue weighted by Crippen LogP contribution is -2.52. The summed E-state index contributed by atoms with van der Waals surface area (Å²) < 4.78 is 13.8. The second-order valence-corrected chi connectivity index (χ2v) is 6.47. The van der Waals surface area contributed by atoms with Crippen LogP contribution in [-0.2, 0) is 4.79 Å². The standard InChI is InChI=1S/C15H17BrFNO3/c1-15(14(20)21)7-3-2-4-12(15)18-13(19)10-8-9(17)5-6-11(10)16/h5-6,8,12H,2-4,7H2,1H3,(H,18,19)(H,20,21). The van der Waals surface area contributed by atoms with Crippen molar-refractivity contribution in [1.29, 1.82) is 0 Å². The highest BCUT2D eigenvalue weighted by Gasteiger charge is 2.44. The molecule has 1 aromatic carbocycles. The van der Waals surface area contributed by atoms with Gasteiger partial charge in [0.15, 0.2) is 0 Å². The first-order valence-corrected chi connectivity index (χ1v) is 7.63. The van der Waals surface area contributed by atoms with E-state index in [0.717, 1.165) is 18.9 Å². The van der Waals surface area contributed by atoms with Gasteiger partial charge in [0, 0.05) is 10.5 Å². The Bertz CT molecular complexity index is 578. The van der Waals surface area contributed by atoms with Gasteiger partial charge in [0.25, 0.3) is 5.91 Å². The lowest BCUT2D eigenvalue weighted by molar-refractivity contribution is -0.151. The number of amides is 1. The Kier molecular flexibility index (Phi) is 4.66. The molecule has 21 heavy (non-hydrogen) atoms. The molecule has 2 unspecified atom stereocenters. The van der Waals surface area contributed by atoms with Gasteiger partial charge in [0.1, 0.15) is 5.82 Å². The maximum atomic E-state index is 13.3. The number of nitrogens with one attached hydrogen (secondary N) is 1. The molecule has 2 rings (SSSR count). The van der Waals surface area contributed by atoms with Gasteiger partial charge in [0.2, 0.25) is 0 Å². The van der Waals surface area contributed by atoms with E-state index in [1.54, 1.807) is 6.92 Å². The summed E-state index contributed by atoms with van der Waals surface area (Å²) in [5.41, 5.74) is -0.804. The van der Waals surface area contributed by atoms with Gasteiger partial charge in [-0.1, -0.05) is 12.8 Å². The molecule has 1 saturated carbocycles. The van der Waals surface area contributed by atoms with Crippen LogP contribution in [0.1, 0.15) is 43.0 Å². The molecule has 2 N–H and O–H groups in total. The SMILES string of the molecule is CC1(C(=O)O)CCCCC1NC(=O)c1cc(F)ccc1Br. The summed E-state index contributed by atoms with van der Waals surface area (Å²) in [6.07, 6.45) is 2.84. The predicted molar refractivity (Wildman–Crippen MR) is 79.6 cm³/mol. The summed E-state index contributed by atoms with van der Waals surface area (Å²) in [5.74, 6) is -1.88. The molecule has 0 radical (unpaired) electrons. The van der Waals surface area contributed by atoms with E-state index in [0.29, 0.717) is 17.3 Å². The van der Waals surface area contributed by atoms with E-state index in [-0.39, 0.29) is 5.56 Å². The van der Waals surface area contributed by atoms with E-state index in [4.69, 9.17) is 0 Å². The fourth-order valence-corrected chi connectivity index (χ4v) is 3.16. The molecule has 1 aliphatic carbocycles. The van der Waals surface area contributed by atoms with Crippen LogP contribution >= 0.6 is 15.9 Å². The van der Waals surface area contributed by atoms with Crippen LogP contribution in [0.3, 0.4) is 0 Å². The van der Waals surface area contributed by atoms with E-state index < -0.39 is 29.2 Å². The first kappa shape index (κ1) is 15.9. The van der Waals surface area contributed by atoms with Crippen molar-refractivity contribution >= 4 is 27.8 Å². The number of carbonyl (C=O) groups is 2. The first-order valence-electron chi connectivity index (χ1n) is 6.84. The number of carboxylic acids is 1. The highest BCUT2D eigenvalue weighted by molar-refractivity contribution is 9.10. The molecule has 4 nitrogen and oxygen atoms in total. The summed E-state index contributed by atoms with van der Waals surface area (Å²) in [5, 5.41) is 12.2. The maximum Gasteiger partial charge on any atom is 0.311 e. The van der Waals surface area contributed by atoms with Gasteiger partial charge in [-0.15, -0.1) is 0 Å². The van der Waals surface area contributed by atoms with Gasteiger partial charge in [-0.25, -0.2) is 4.39 Å². The summed E-state index contributed by atoms with van der Waals surface area (Å²) in [6, 6.07) is 3.40. The molecule has 1 amide bonds. The highest BCUT2D eigenvalue weighted by atomic mass is 79.9. The van der Waals surface area contributed by atoms with E-state index in [9.17, 15) is 19.1 Å². The van der Waals surface area contributed by atoms with Gasteiger partial charge in [-0.2, -0.15) is 0 Å². The quantitative estimate of drug-likeness (QED) is 0.871. The van der Waals surface area contributed by atoms with Crippen LogP contribution in [0, 0.1) is 11.2 Å². The number of hydrogen-bond acceptors (Lipinski definition) is 2. The maximum absolute atomic E-state index is 13.3. The zero-order valence-electron chi connectivity index (χ0n) is 11.7. The second-order valence-electron chi connectivity index (χ2n) is 5.62. The van der Waals surface area contributed by atoms with Crippen molar-refractivity contribution in [3.63, 3.8) is 0 Å². The third kappa shape index (κ3) is 3.26. The zero-order chi connectivity index (χ0) is 15.6. The molecular weight excluding hydrogens is 341 g/mol. The topological polar surface area (TPSA) is 66.4 Å². The largest absolute Gasteiger partial charge is 0.481 e. The van der Waals surface area contributed by atoms with Crippen molar-refractivity contribution in [2.75, 3.05) is 0 Å². The minimum Gasteiger partial charge on any atom is -0.481 e. The number of benzene rings is 1. The summed E-state index contributed by atoms with van der Waals surface area (Å²) in [6.45, 7) is 1.65. The second kappa shape index (κ2) is 6.13. The molecule has 1 aromatic rings. The van der Waals surface area contributed by atoms with Crippen molar-refractivity contribution in [1.82, 2.24) is 5.32 Å². The Balaban J connectivity index is 2.21. The van der Waals surface area contributed by atoms with Crippen molar-refractivity contribution in [3.05, 3.63) is 34.1 Å². The van der Waals surface area contributed by atoms with E-state index in [2.05, 4.69) is 21.2 Å². The molecular formula is C15H17BrFNO3. The average Bonchev–Trinajstić information content (AvgIpc) is 2.43. The van der Waals surface area contributed by atoms with Crippen LogP contribution in [-0.4, -0.2) is 23.0 Å². The third-order valence-corrected chi connectivity index (χ3v) is 4.87. The monoisotopic (exact) mass is 357 g/mol. The van der Waals surface area contributed by atoms with Crippen LogP contribution in [0.5, 0.6) is 0 Å². The molecule has 0 heterocycles. The molecule has 6 heteroatoms. The van der Waals surface area contributed by atoms with Crippen molar-refractivity contribution in [3.8, 4) is 0 Å². The van der Waals surface area contributed by atoms with Crippen molar-refractivity contribution in [2.24, 2.45) is 5.41 Å². The van der Waals surface area contributed by atoms with E-state index in [1.807, 2.05) is 0 Å². The van der Waals surface area contributed by atoms with E-state index >= 15 is 0 Å². The van der Waals surface area contributed by atoms with Gasteiger partial charge < -0.3 is 10.4 Å². The van der Waals surface area contributed by atoms with Gasteiger partial charge in [-0.05, 0) is 53.9 Å². The van der Waals surface area contributed by atoms with Crippen LogP contribution in [0.25, 0.3) is 0 Å². The number of carbonyl (C=O) groups excluding carboxylic acids is 1.